The summed E-state index contributed by atoms with van der Waals surface area (Å²) in [5, 5.41) is 8.28. The summed E-state index contributed by atoms with van der Waals surface area (Å²) < 4.78 is 0. The zero-order valence-electron chi connectivity index (χ0n) is 15.3. The average molecular weight is 374 g/mol. The van der Waals surface area contributed by atoms with Crippen LogP contribution in [0, 0.1) is 5.92 Å². The molecule has 0 aliphatic carbocycles. The van der Waals surface area contributed by atoms with E-state index in [0.717, 1.165) is 50.5 Å². The van der Waals surface area contributed by atoms with Gasteiger partial charge in [-0.1, -0.05) is 6.07 Å². The number of nitrogens with one attached hydrogen (secondary N) is 2. The van der Waals surface area contributed by atoms with Crippen molar-refractivity contribution >= 4 is 28.9 Å². The number of hydrogen-bond acceptors (Lipinski definition) is 6. The molecule has 1 saturated heterocycles. The van der Waals surface area contributed by atoms with Crippen LogP contribution >= 0.6 is 11.3 Å². The number of rotatable bonds is 8. The largest absolute Gasteiger partial charge is 0.370 e. The molecule has 1 fully saturated rings. The van der Waals surface area contributed by atoms with E-state index in [1.807, 2.05) is 17.5 Å². The van der Waals surface area contributed by atoms with E-state index < -0.39 is 0 Å². The number of hydrogen-bond donors (Lipinski definition) is 2. The zero-order chi connectivity index (χ0) is 18.2. The number of amides is 1. The minimum absolute atomic E-state index is 0.159. The molecule has 140 valence electrons. The first-order chi connectivity index (χ1) is 12.7. The van der Waals surface area contributed by atoms with Crippen LogP contribution in [0.2, 0.25) is 0 Å². The van der Waals surface area contributed by atoms with E-state index in [0.29, 0.717) is 18.9 Å². The van der Waals surface area contributed by atoms with E-state index in [1.54, 1.807) is 17.7 Å². The molecule has 1 aliphatic heterocycles. The molecule has 6 nitrogen and oxygen atoms in total. The van der Waals surface area contributed by atoms with Crippen molar-refractivity contribution in [3.05, 3.63) is 34.8 Å². The van der Waals surface area contributed by atoms with Crippen molar-refractivity contribution in [2.75, 3.05) is 29.9 Å². The maximum atomic E-state index is 12.0. The molecule has 3 heterocycles. The monoisotopic (exact) mass is 373 g/mol. The highest BCUT2D eigenvalue weighted by molar-refractivity contribution is 7.09. The van der Waals surface area contributed by atoms with Crippen molar-refractivity contribution in [3.63, 3.8) is 0 Å². The summed E-state index contributed by atoms with van der Waals surface area (Å²) in [4.78, 5) is 24.2. The summed E-state index contributed by atoms with van der Waals surface area (Å²) in [6.45, 7) is 5.54. The van der Waals surface area contributed by atoms with Crippen molar-refractivity contribution in [2.45, 2.75) is 39.2 Å². The van der Waals surface area contributed by atoms with Crippen molar-refractivity contribution in [1.82, 2.24) is 15.3 Å². The minimum Gasteiger partial charge on any atom is -0.370 e. The van der Waals surface area contributed by atoms with Crippen molar-refractivity contribution < 1.29 is 4.79 Å². The SMILES string of the molecule is CCNc1cc(N2CCC(CCC(=O)NCc3cccs3)CC2)ncn1. The van der Waals surface area contributed by atoms with Gasteiger partial charge in [0.1, 0.15) is 18.0 Å². The van der Waals surface area contributed by atoms with Gasteiger partial charge in [0.05, 0.1) is 6.54 Å². The van der Waals surface area contributed by atoms with Crippen molar-refractivity contribution in [1.29, 1.82) is 0 Å². The standard InChI is InChI=1S/C19H27N5OS/c1-2-20-17-12-18(23-14-22-17)24-9-7-15(8-10-24)5-6-19(25)21-13-16-4-3-11-26-16/h3-4,11-12,14-15H,2,5-10,13H2,1H3,(H,21,25)(H,20,22,23). The summed E-state index contributed by atoms with van der Waals surface area (Å²) in [7, 11) is 0. The van der Waals surface area contributed by atoms with E-state index in [9.17, 15) is 4.79 Å². The average Bonchev–Trinajstić information content (AvgIpc) is 3.19. The third-order valence-electron chi connectivity index (χ3n) is 4.77. The highest BCUT2D eigenvalue weighted by Gasteiger charge is 2.21. The van der Waals surface area contributed by atoms with Gasteiger partial charge >= 0.3 is 0 Å². The van der Waals surface area contributed by atoms with Gasteiger partial charge in [-0.25, -0.2) is 9.97 Å². The Morgan fingerprint density at radius 3 is 2.92 bits per heavy atom. The molecule has 1 amide bonds. The highest BCUT2D eigenvalue weighted by Crippen LogP contribution is 2.25. The normalized spacial score (nSPS) is 15.0. The number of aromatic nitrogens is 2. The Morgan fingerprint density at radius 2 is 2.19 bits per heavy atom. The lowest BCUT2D eigenvalue weighted by molar-refractivity contribution is -0.121. The van der Waals surface area contributed by atoms with Gasteiger partial charge in [0, 0.05) is 37.0 Å². The molecule has 2 N–H and O–H groups in total. The summed E-state index contributed by atoms with van der Waals surface area (Å²) in [5.74, 6) is 2.64. The molecule has 0 saturated carbocycles. The molecular formula is C19H27N5OS. The van der Waals surface area contributed by atoms with Crippen LogP contribution in [-0.4, -0.2) is 35.5 Å². The Labute approximate surface area is 159 Å². The Hall–Kier alpha value is -2.15. The Bertz CT molecular complexity index is 683. The lowest BCUT2D eigenvalue weighted by Crippen LogP contribution is -2.34. The summed E-state index contributed by atoms with van der Waals surface area (Å²) in [5.41, 5.74) is 0. The number of piperidine rings is 1. The quantitative estimate of drug-likeness (QED) is 0.743. The molecule has 0 aromatic carbocycles. The first-order valence-electron chi connectivity index (χ1n) is 9.34. The molecule has 2 aromatic rings. The molecule has 26 heavy (non-hydrogen) atoms. The van der Waals surface area contributed by atoms with Gasteiger partial charge in [0.25, 0.3) is 0 Å². The third kappa shape index (κ3) is 5.42. The van der Waals surface area contributed by atoms with Crippen molar-refractivity contribution in [2.24, 2.45) is 5.92 Å². The zero-order valence-corrected chi connectivity index (χ0v) is 16.1. The molecule has 3 rings (SSSR count). The fourth-order valence-corrected chi connectivity index (χ4v) is 3.92. The first-order valence-corrected chi connectivity index (χ1v) is 10.2. The van der Waals surface area contributed by atoms with Gasteiger partial charge in [0.15, 0.2) is 0 Å². The van der Waals surface area contributed by atoms with Gasteiger partial charge in [-0.2, -0.15) is 0 Å². The van der Waals surface area contributed by atoms with Crippen LogP contribution in [0.4, 0.5) is 11.6 Å². The molecule has 7 heteroatoms. The second-order valence-electron chi connectivity index (χ2n) is 6.62. The van der Waals surface area contributed by atoms with Crippen LogP contribution in [-0.2, 0) is 11.3 Å². The molecule has 0 spiro atoms. The third-order valence-corrected chi connectivity index (χ3v) is 5.64. The molecule has 2 aromatic heterocycles. The number of thiophene rings is 1. The Morgan fingerprint density at radius 1 is 1.35 bits per heavy atom. The predicted molar refractivity (Wildman–Crippen MR) is 107 cm³/mol. The van der Waals surface area contributed by atoms with E-state index in [1.165, 1.54) is 4.88 Å². The van der Waals surface area contributed by atoms with Crippen LogP contribution in [0.25, 0.3) is 0 Å². The van der Waals surface area contributed by atoms with E-state index in [2.05, 4.69) is 38.5 Å². The van der Waals surface area contributed by atoms with Gasteiger partial charge in [0.2, 0.25) is 5.91 Å². The van der Waals surface area contributed by atoms with E-state index in [4.69, 9.17) is 0 Å². The molecular weight excluding hydrogens is 346 g/mol. The fourth-order valence-electron chi connectivity index (χ4n) is 3.27. The number of carbonyl (C=O) groups excluding carboxylic acids is 1. The molecule has 0 atom stereocenters. The molecule has 0 radical (unpaired) electrons. The first kappa shape index (κ1) is 18.6. The molecule has 0 unspecified atom stereocenters. The van der Waals surface area contributed by atoms with Gasteiger partial charge in [-0.05, 0) is 43.6 Å². The maximum absolute atomic E-state index is 12.0. The summed E-state index contributed by atoms with van der Waals surface area (Å²) in [6.07, 6.45) is 5.43. The van der Waals surface area contributed by atoms with Gasteiger partial charge < -0.3 is 15.5 Å². The van der Waals surface area contributed by atoms with E-state index in [-0.39, 0.29) is 5.91 Å². The lowest BCUT2D eigenvalue weighted by Gasteiger charge is -2.32. The minimum atomic E-state index is 0.159. The van der Waals surface area contributed by atoms with Crippen LogP contribution < -0.4 is 15.5 Å². The molecule has 0 bridgehead atoms. The van der Waals surface area contributed by atoms with Gasteiger partial charge in [-0.3, -0.25) is 4.79 Å². The second kappa shape index (κ2) is 9.52. The van der Waals surface area contributed by atoms with Crippen LogP contribution in [0.15, 0.2) is 29.9 Å². The maximum Gasteiger partial charge on any atom is 0.220 e. The number of carbonyl (C=O) groups is 1. The van der Waals surface area contributed by atoms with Crippen molar-refractivity contribution in [3.8, 4) is 0 Å². The Balaban J connectivity index is 1.38. The fraction of sp³-hybridized carbons (Fsp3) is 0.526. The predicted octanol–water partition coefficient (Wildman–Crippen LogP) is 3.28. The number of anilines is 2. The Kier molecular flexibility index (Phi) is 6.82. The van der Waals surface area contributed by atoms with Crippen LogP contribution in [0.3, 0.4) is 0 Å². The summed E-state index contributed by atoms with van der Waals surface area (Å²) >= 11 is 1.68. The topological polar surface area (TPSA) is 70.2 Å². The highest BCUT2D eigenvalue weighted by atomic mass is 32.1. The second-order valence-corrected chi connectivity index (χ2v) is 7.65. The smallest absolute Gasteiger partial charge is 0.220 e. The summed E-state index contributed by atoms with van der Waals surface area (Å²) in [6, 6.07) is 6.08. The van der Waals surface area contributed by atoms with Crippen LogP contribution in [0.5, 0.6) is 0 Å². The number of nitrogens with zero attached hydrogens (tertiary/aromatic N) is 3. The van der Waals surface area contributed by atoms with Crippen LogP contribution in [0.1, 0.15) is 37.5 Å². The lowest BCUT2D eigenvalue weighted by atomic mass is 9.92. The van der Waals surface area contributed by atoms with E-state index >= 15 is 0 Å². The molecule has 1 aliphatic rings. The van der Waals surface area contributed by atoms with Gasteiger partial charge in [-0.15, -0.1) is 11.3 Å².